The molecule has 1 atom stereocenters. The number of alkyl halides is 2. The second kappa shape index (κ2) is 5.96. The third-order valence-electron chi connectivity index (χ3n) is 3.05. The van der Waals surface area contributed by atoms with Crippen LogP contribution in [-0.4, -0.2) is 47.7 Å². The van der Waals surface area contributed by atoms with Crippen molar-refractivity contribution in [1.82, 2.24) is 19.5 Å². The van der Waals surface area contributed by atoms with Crippen LogP contribution in [0.5, 0.6) is 0 Å². The first-order valence-corrected chi connectivity index (χ1v) is 8.06. The molecule has 0 saturated heterocycles. The number of hydrogen-bond donors (Lipinski definition) is 2. The molecule has 2 aromatic rings. The van der Waals surface area contributed by atoms with Crippen LogP contribution in [0.15, 0.2) is 12.7 Å². The predicted molar refractivity (Wildman–Crippen MR) is 72.5 cm³/mol. The summed E-state index contributed by atoms with van der Waals surface area (Å²) in [4.78, 5) is 29.2. The Morgan fingerprint density at radius 1 is 1.41 bits per heavy atom. The average Bonchev–Trinajstić information content (AvgIpc) is 2.79. The van der Waals surface area contributed by atoms with Gasteiger partial charge in [-0.3, -0.25) is 4.57 Å². The van der Waals surface area contributed by atoms with Gasteiger partial charge in [0.2, 0.25) is 0 Å². The highest BCUT2D eigenvalue weighted by atomic mass is 31.2. The minimum absolute atomic E-state index is 0.259. The Morgan fingerprint density at radius 3 is 2.73 bits per heavy atom. The van der Waals surface area contributed by atoms with Gasteiger partial charge in [0, 0.05) is 0 Å². The first-order chi connectivity index (χ1) is 10.1. The Labute approximate surface area is 124 Å². The third-order valence-corrected chi connectivity index (χ3v) is 3.54. The molecule has 2 rings (SSSR count). The van der Waals surface area contributed by atoms with Crippen molar-refractivity contribution in [2.45, 2.75) is 32.4 Å². The lowest BCUT2D eigenvalue weighted by atomic mass is 10.2. The van der Waals surface area contributed by atoms with E-state index in [-0.39, 0.29) is 5.65 Å². The molecule has 0 radical (unpaired) electrons. The summed E-state index contributed by atoms with van der Waals surface area (Å²) >= 11 is 0. The van der Waals surface area contributed by atoms with Gasteiger partial charge in [0.25, 0.3) is 5.92 Å². The van der Waals surface area contributed by atoms with E-state index in [1.165, 1.54) is 12.7 Å². The molecule has 2 N–H and O–H groups in total. The first-order valence-electron chi connectivity index (χ1n) is 6.26. The van der Waals surface area contributed by atoms with Gasteiger partial charge in [-0.2, -0.15) is 0 Å². The van der Waals surface area contributed by atoms with Gasteiger partial charge in [-0.05, 0) is 13.8 Å². The molecule has 0 bridgehead atoms. The highest BCUT2D eigenvalue weighted by Crippen LogP contribution is 2.36. The van der Waals surface area contributed by atoms with E-state index in [0.29, 0.717) is 11.2 Å². The maximum Gasteiger partial charge on any atom is 0.350 e. The van der Waals surface area contributed by atoms with E-state index in [1.807, 2.05) is 0 Å². The van der Waals surface area contributed by atoms with Gasteiger partial charge < -0.3 is 19.1 Å². The number of imidazole rings is 1. The molecule has 0 aromatic carbocycles. The molecule has 0 aliphatic heterocycles. The lowest BCUT2D eigenvalue weighted by Crippen LogP contribution is -2.37. The van der Waals surface area contributed by atoms with Crippen LogP contribution in [0.4, 0.5) is 8.78 Å². The molecular weight excluding hydrogens is 321 g/mol. The minimum atomic E-state index is -4.50. The smallest absolute Gasteiger partial charge is 0.350 e. The molecule has 8 nitrogen and oxygen atoms in total. The van der Waals surface area contributed by atoms with Gasteiger partial charge >= 0.3 is 7.60 Å². The second-order valence-corrected chi connectivity index (χ2v) is 6.46. The summed E-state index contributed by atoms with van der Waals surface area (Å²) in [5.74, 6) is -3.36. The van der Waals surface area contributed by atoms with Gasteiger partial charge in [-0.1, -0.05) is 0 Å². The van der Waals surface area contributed by atoms with Gasteiger partial charge in [0.15, 0.2) is 5.65 Å². The molecule has 0 fully saturated rings. The molecule has 22 heavy (non-hydrogen) atoms. The summed E-state index contributed by atoms with van der Waals surface area (Å²) in [6, 6.07) is 0. The maximum absolute atomic E-state index is 14.1. The lowest BCUT2D eigenvalue weighted by Gasteiger charge is -2.24. The van der Waals surface area contributed by atoms with Crippen LogP contribution in [0.25, 0.3) is 11.2 Å². The number of ether oxygens (including phenoxy) is 1. The molecule has 11 heteroatoms. The zero-order valence-electron chi connectivity index (χ0n) is 11.8. The monoisotopic (exact) mass is 336 g/mol. The SMILES string of the molecule is Cc1ncnc2c1ncn2CC(F)(F)[C@@H](C)OCP(=O)(O)O. The molecule has 2 aromatic heterocycles. The molecule has 0 aliphatic carbocycles. The number of fused-ring (bicyclic) bond motifs is 1. The topological polar surface area (TPSA) is 110 Å². The summed E-state index contributed by atoms with van der Waals surface area (Å²) in [6.45, 7) is 1.96. The van der Waals surface area contributed by atoms with Crippen molar-refractivity contribution in [3.05, 3.63) is 18.3 Å². The Hall–Kier alpha value is -1.48. The van der Waals surface area contributed by atoms with Crippen LogP contribution in [0, 0.1) is 6.92 Å². The highest BCUT2D eigenvalue weighted by molar-refractivity contribution is 7.51. The van der Waals surface area contributed by atoms with Gasteiger partial charge in [0.1, 0.15) is 24.3 Å². The molecular formula is C11H15F2N4O4P. The van der Waals surface area contributed by atoms with E-state index >= 15 is 0 Å². The van der Waals surface area contributed by atoms with Crippen LogP contribution in [0.1, 0.15) is 12.6 Å². The van der Waals surface area contributed by atoms with Crippen LogP contribution >= 0.6 is 7.60 Å². The fourth-order valence-corrected chi connectivity index (χ4v) is 2.22. The molecule has 0 aliphatic rings. The zero-order chi connectivity index (χ0) is 16.5. The number of nitrogens with zero attached hydrogens (tertiary/aromatic N) is 4. The summed E-state index contributed by atoms with van der Waals surface area (Å²) < 4.78 is 44.6. The van der Waals surface area contributed by atoms with Crippen LogP contribution in [0.2, 0.25) is 0 Å². The van der Waals surface area contributed by atoms with E-state index in [9.17, 15) is 13.3 Å². The van der Waals surface area contributed by atoms with Crippen LogP contribution in [-0.2, 0) is 15.8 Å². The van der Waals surface area contributed by atoms with Crippen molar-refractivity contribution < 1.29 is 27.9 Å². The number of aromatic nitrogens is 4. The molecule has 0 amide bonds. The molecule has 2 heterocycles. The van der Waals surface area contributed by atoms with E-state index in [2.05, 4.69) is 19.7 Å². The van der Waals surface area contributed by atoms with Gasteiger partial charge in [-0.15, -0.1) is 0 Å². The summed E-state index contributed by atoms with van der Waals surface area (Å²) in [5, 5.41) is 0. The van der Waals surface area contributed by atoms with Crippen molar-refractivity contribution >= 4 is 18.8 Å². The normalized spacial score (nSPS) is 14.5. The van der Waals surface area contributed by atoms with Crippen LogP contribution in [0.3, 0.4) is 0 Å². The summed E-state index contributed by atoms with van der Waals surface area (Å²) in [5.41, 5.74) is 1.24. The lowest BCUT2D eigenvalue weighted by molar-refractivity contribution is -0.130. The van der Waals surface area contributed by atoms with E-state index in [4.69, 9.17) is 9.79 Å². The molecule has 0 spiro atoms. The van der Waals surface area contributed by atoms with Crippen LogP contribution < -0.4 is 0 Å². The Balaban J connectivity index is 2.16. The fraction of sp³-hybridized carbons (Fsp3) is 0.545. The summed E-state index contributed by atoms with van der Waals surface area (Å²) in [6.07, 6.45) is -0.270. The predicted octanol–water partition coefficient (Wildman–Crippen LogP) is 1.31. The average molecular weight is 336 g/mol. The summed E-state index contributed by atoms with van der Waals surface area (Å²) in [7, 11) is -4.50. The molecule has 122 valence electrons. The Bertz CT molecular complexity index is 717. The van der Waals surface area contributed by atoms with Crippen molar-refractivity contribution in [3.63, 3.8) is 0 Å². The van der Waals surface area contributed by atoms with Gasteiger partial charge in [0.05, 0.1) is 18.6 Å². The molecule has 0 unspecified atom stereocenters. The van der Waals surface area contributed by atoms with E-state index in [1.54, 1.807) is 6.92 Å². The number of halogens is 2. The fourth-order valence-electron chi connectivity index (χ4n) is 1.80. The number of rotatable bonds is 6. The van der Waals surface area contributed by atoms with Crippen molar-refractivity contribution in [2.24, 2.45) is 0 Å². The highest BCUT2D eigenvalue weighted by Gasteiger charge is 2.39. The quantitative estimate of drug-likeness (QED) is 0.765. The van der Waals surface area contributed by atoms with Crippen molar-refractivity contribution in [1.29, 1.82) is 0 Å². The minimum Gasteiger partial charge on any atom is -0.360 e. The van der Waals surface area contributed by atoms with E-state index in [0.717, 1.165) is 11.5 Å². The third kappa shape index (κ3) is 3.83. The van der Waals surface area contributed by atoms with Crippen molar-refractivity contribution in [2.75, 3.05) is 6.35 Å². The number of hydrogen-bond acceptors (Lipinski definition) is 5. The first kappa shape index (κ1) is 16.9. The zero-order valence-corrected chi connectivity index (χ0v) is 12.7. The second-order valence-electron chi connectivity index (χ2n) is 4.87. The van der Waals surface area contributed by atoms with Gasteiger partial charge in [-0.25, -0.2) is 23.7 Å². The maximum atomic E-state index is 14.1. The molecule has 0 saturated carbocycles. The van der Waals surface area contributed by atoms with Crippen molar-refractivity contribution in [3.8, 4) is 0 Å². The Morgan fingerprint density at radius 2 is 2.09 bits per heavy atom. The Kier molecular flexibility index (Phi) is 4.57. The number of aryl methyl sites for hydroxylation is 1. The largest absolute Gasteiger partial charge is 0.360 e. The van der Waals surface area contributed by atoms with E-state index < -0.39 is 32.5 Å². The standard InChI is InChI=1S/C11H15F2N4O4P/c1-7-9-10(15-4-14-7)17(5-16-9)3-11(12,13)8(2)21-6-22(18,19)20/h4-5,8H,3,6H2,1-2H3,(H2,18,19,20)/t8-/m1/s1.